The van der Waals surface area contributed by atoms with Gasteiger partial charge in [-0.05, 0) is 37.1 Å². The van der Waals surface area contributed by atoms with E-state index in [1.54, 1.807) is 0 Å². The molecule has 0 saturated carbocycles. The molecule has 0 fully saturated rings. The van der Waals surface area contributed by atoms with Crippen molar-refractivity contribution < 1.29 is 9.53 Å². The number of hydrogen-bond acceptors (Lipinski definition) is 2. The van der Waals surface area contributed by atoms with E-state index in [-0.39, 0.29) is 12.3 Å². The summed E-state index contributed by atoms with van der Waals surface area (Å²) < 4.78 is 6.50. The monoisotopic (exact) mass is 271 g/mol. The summed E-state index contributed by atoms with van der Waals surface area (Å²) in [4.78, 5) is 10.5. The smallest absolute Gasteiger partial charge is 0.220 e. The Bertz CT molecular complexity index is 354. The number of carbonyl (C=O) groups excluding carboxylic acids is 1. The fourth-order valence-corrected chi connectivity index (χ4v) is 1.49. The third-order valence-corrected chi connectivity index (χ3v) is 3.28. The number of rotatable bonds is 4. The van der Waals surface area contributed by atoms with Crippen molar-refractivity contribution >= 4 is 21.8 Å². The predicted octanol–water partition coefficient (Wildman–Crippen LogP) is 2.32. The van der Waals surface area contributed by atoms with Crippen LogP contribution in [0.3, 0.4) is 0 Å². The van der Waals surface area contributed by atoms with E-state index in [1.807, 2.05) is 26.0 Å². The number of amides is 1. The molecule has 0 atom stereocenters. The van der Waals surface area contributed by atoms with Crippen molar-refractivity contribution in [2.45, 2.75) is 20.3 Å². The van der Waals surface area contributed by atoms with E-state index in [0.29, 0.717) is 6.61 Å². The van der Waals surface area contributed by atoms with E-state index < -0.39 is 0 Å². The number of primary amides is 1. The van der Waals surface area contributed by atoms with Gasteiger partial charge in [-0.2, -0.15) is 0 Å². The van der Waals surface area contributed by atoms with Gasteiger partial charge in [0, 0.05) is 4.47 Å². The number of hydrogen-bond donors (Lipinski definition) is 1. The molecule has 82 valence electrons. The zero-order chi connectivity index (χ0) is 11.4. The highest BCUT2D eigenvalue weighted by atomic mass is 79.9. The molecule has 2 N–H and O–H groups in total. The van der Waals surface area contributed by atoms with E-state index in [1.165, 1.54) is 0 Å². The summed E-state index contributed by atoms with van der Waals surface area (Å²) in [5.74, 6) is 0.426. The van der Waals surface area contributed by atoms with Crippen LogP contribution in [0.15, 0.2) is 16.6 Å². The number of benzene rings is 1. The van der Waals surface area contributed by atoms with Crippen LogP contribution in [-0.4, -0.2) is 12.5 Å². The van der Waals surface area contributed by atoms with Crippen LogP contribution in [0.5, 0.6) is 5.75 Å². The second-order valence-electron chi connectivity index (χ2n) is 3.44. The fraction of sp³-hybridized carbons (Fsp3) is 0.364. The Morgan fingerprint density at radius 3 is 2.40 bits per heavy atom. The highest BCUT2D eigenvalue weighted by molar-refractivity contribution is 9.10. The molecule has 0 radical (unpaired) electrons. The van der Waals surface area contributed by atoms with Gasteiger partial charge in [-0.25, -0.2) is 0 Å². The van der Waals surface area contributed by atoms with E-state index in [0.717, 1.165) is 21.3 Å². The Morgan fingerprint density at radius 1 is 1.40 bits per heavy atom. The lowest BCUT2D eigenvalue weighted by molar-refractivity contribution is -0.118. The first-order valence-electron chi connectivity index (χ1n) is 4.68. The maximum absolute atomic E-state index is 10.5. The summed E-state index contributed by atoms with van der Waals surface area (Å²) in [5.41, 5.74) is 7.24. The number of ether oxygens (including phenoxy) is 1. The van der Waals surface area contributed by atoms with Gasteiger partial charge in [0.2, 0.25) is 5.91 Å². The number of halogens is 1. The summed E-state index contributed by atoms with van der Waals surface area (Å²) in [6, 6.07) is 3.86. The minimum Gasteiger partial charge on any atom is -0.493 e. The third kappa shape index (κ3) is 3.55. The molecule has 0 aliphatic heterocycles. The van der Waals surface area contributed by atoms with Gasteiger partial charge in [0.1, 0.15) is 5.75 Å². The highest BCUT2D eigenvalue weighted by Crippen LogP contribution is 2.26. The molecule has 3 nitrogen and oxygen atoms in total. The lowest BCUT2D eigenvalue weighted by Crippen LogP contribution is -2.14. The van der Waals surface area contributed by atoms with Crippen molar-refractivity contribution in [2.75, 3.05) is 6.61 Å². The molecule has 0 saturated heterocycles. The van der Waals surface area contributed by atoms with Crippen LogP contribution in [0.25, 0.3) is 0 Å². The molecule has 0 aromatic heterocycles. The summed E-state index contributed by atoms with van der Waals surface area (Å²) >= 11 is 3.47. The molecule has 0 aliphatic rings. The number of aryl methyl sites for hydroxylation is 2. The highest BCUT2D eigenvalue weighted by Gasteiger charge is 2.03. The van der Waals surface area contributed by atoms with Gasteiger partial charge in [0.05, 0.1) is 13.0 Å². The maximum Gasteiger partial charge on any atom is 0.220 e. The SMILES string of the molecule is Cc1cc(OCCC(N)=O)cc(C)c1Br. The maximum atomic E-state index is 10.5. The summed E-state index contributed by atoms with van der Waals surface area (Å²) in [6.07, 6.45) is 0.244. The molecule has 15 heavy (non-hydrogen) atoms. The minimum atomic E-state index is -0.347. The molecule has 0 aliphatic carbocycles. The van der Waals surface area contributed by atoms with Gasteiger partial charge in [-0.15, -0.1) is 0 Å². The summed E-state index contributed by atoms with van der Waals surface area (Å²) in [6.45, 7) is 4.33. The normalized spacial score (nSPS) is 10.1. The lowest BCUT2D eigenvalue weighted by atomic mass is 10.1. The van der Waals surface area contributed by atoms with Crippen molar-refractivity contribution in [3.63, 3.8) is 0 Å². The lowest BCUT2D eigenvalue weighted by Gasteiger charge is -2.09. The van der Waals surface area contributed by atoms with Crippen LogP contribution in [0.2, 0.25) is 0 Å². The largest absolute Gasteiger partial charge is 0.493 e. The van der Waals surface area contributed by atoms with Gasteiger partial charge in [0.25, 0.3) is 0 Å². The molecule has 1 amide bonds. The average molecular weight is 272 g/mol. The zero-order valence-electron chi connectivity index (χ0n) is 8.84. The molecule has 1 aromatic carbocycles. The van der Waals surface area contributed by atoms with Gasteiger partial charge in [-0.3, -0.25) is 4.79 Å². The Hall–Kier alpha value is -1.03. The van der Waals surface area contributed by atoms with Gasteiger partial charge in [0.15, 0.2) is 0 Å². The fourth-order valence-electron chi connectivity index (χ4n) is 1.26. The topological polar surface area (TPSA) is 52.3 Å². The molecule has 1 rings (SSSR count). The first-order chi connectivity index (χ1) is 7.00. The van der Waals surface area contributed by atoms with Crippen molar-refractivity contribution in [3.8, 4) is 5.75 Å². The van der Waals surface area contributed by atoms with Crippen molar-refractivity contribution in [1.29, 1.82) is 0 Å². The van der Waals surface area contributed by atoms with Crippen molar-refractivity contribution in [3.05, 3.63) is 27.7 Å². The molecule has 0 bridgehead atoms. The van der Waals surface area contributed by atoms with E-state index in [2.05, 4.69) is 15.9 Å². The zero-order valence-corrected chi connectivity index (χ0v) is 10.4. The Morgan fingerprint density at radius 2 is 1.93 bits per heavy atom. The standard InChI is InChI=1S/C11H14BrNO2/c1-7-5-9(6-8(2)11(7)12)15-4-3-10(13)14/h5-6H,3-4H2,1-2H3,(H2,13,14). The van der Waals surface area contributed by atoms with Crippen LogP contribution < -0.4 is 10.5 Å². The Kier molecular flexibility index (Phi) is 4.15. The van der Waals surface area contributed by atoms with Crippen LogP contribution in [-0.2, 0) is 4.79 Å². The third-order valence-electron chi connectivity index (χ3n) is 2.03. The van der Waals surface area contributed by atoms with Gasteiger partial charge < -0.3 is 10.5 Å². The van der Waals surface area contributed by atoms with E-state index in [4.69, 9.17) is 10.5 Å². The van der Waals surface area contributed by atoms with Gasteiger partial charge >= 0.3 is 0 Å². The van der Waals surface area contributed by atoms with E-state index in [9.17, 15) is 4.79 Å². The number of nitrogens with two attached hydrogens (primary N) is 1. The molecule has 4 heteroatoms. The number of carbonyl (C=O) groups is 1. The Labute approximate surface area is 97.7 Å². The Balaban J connectivity index is 2.66. The summed E-state index contributed by atoms with van der Waals surface area (Å²) in [7, 11) is 0. The summed E-state index contributed by atoms with van der Waals surface area (Å²) in [5, 5.41) is 0. The quantitative estimate of drug-likeness (QED) is 0.914. The minimum absolute atomic E-state index is 0.244. The molecular weight excluding hydrogens is 258 g/mol. The van der Waals surface area contributed by atoms with Crippen LogP contribution >= 0.6 is 15.9 Å². The molecule has 1 aromatic rings. The average Bonchev–Trinajstić information content (AvgIpc) is 2.13. The second kappa shape index (κ2) is 5.16. The van der Waals surface area contributed by atoms with Gasteiger partial charge in [-0.1, -0.05) is 15.9 Å². The first kappa shape index (κ1) is 12.0. The van der Waals surface area contributed by atoms with Crippen LogP contribution in [0.1, 0.15) is 17.5 Å². The molecule has 0 spiro atoms. The predicted molar refractivity (Wildman–Crippen MR) is 62.9 cm³/mol. The second-order valence-corrected chi connectivity index (χ2v) is 4.23. The molecule has 0 heterocycles. The van der Waals surface area contributed by atoms with Crippen LogP contribution in [0.4, 0.5) is 0 Å². The molecular formula is C11H14BrNO2. The van der Waals surface area contributed by atoms with E-state index >= 15 is 0 Å². The molecule has 0 unspecified atom stereocenters. The first-order valence-corrected chi connectivity index (χ1v) is 5.48. The van der Waals surface area contributed by atoms with Crippen molar-refractivity contribution in [2.24, 2.45) is 5.73 Å². The van der Waals surface area contributed by atoms with Crippen LogP contribution in [0, 0.1) is 13.8 Å². The van der Waals surface area contributed by atoms with Crippen molar-refractivity contribution in [1.82, 2.24) is 0 Å².